The molecule has 1 N–H and O–H groups in total. The summed E-state index contributed by atoms with van der Waals surface area (Å²) in [6.07, 6.45) is 7.12. The lowest BCUT2D eigenvalue weighted by Crippen LogP contribution is -2.39. The quantitative estimate of drug-likeness (QED) is 0.720. The number of halogens is 2. The zero-order valence-corrected chi connectivity index (χ0v) is 9.32. The molecule has 0 aromatic heterocycles. The SMILES string of the molecule is Cl/C=C/CNC1CCCCC1CCl. The second-order valence-electron chi connectivity index (χ2n) is 3.58. The largest absolute Gasteiger partial charge is 0.310 e. The van der Waals surface area contributed by atoms with Gasteiger partial charge in [0.2, 0.25) is 0 Å². The summed E-state index contributed by atoms with van der Waals surface area (Å²) in [4.78, 5) is 0. The fourth-order valence-corrected chi connectivity index (χ4v) is 2.38. The molecule has 0 aromatic carbocycles. The standard InChI is InChI=1S/C10H17Cl2N/c11-6-3-7-13-10-5-2-1-4-9(10)8-12/h3,6,9-10,13H,1-2,4-5,7-8H2/b6-3+. The molecule has 0 bridgehead atoms. The zero-order chi connectivity index (χ0) is 9.52. The van der Waals surface area contributed by atoms with Gasteiger partial charge in [0.15, 0.2) is 0 Å². The first-order valence-corrected chi connectivity index (χ1v) is 5.90. The van der Waals surface area contributed by atoms with Crippen LogP contribution in [0.1, 0.15) is 25.7 Å². The van der Waals surface area contributed by atoms with Gasteiger partial charge in [0, 0.05) is 24.0 Å². The van der Waals surface area contributed by atoms with E-state index < -0.39 is 0 Å². The Bertz CT molecular complexity index is 159. The van der Waals surface area contributed by atoms with Crippen LogP contribution in [0.3, 0.4) is 0 Å². The average molecular weight is 222 g/mol. The van der Waals surface area contributed by atoms with Crippen molar-refractivity contribution in [1.29, 1.82) is 0 Å². The Morgan fingerprint density at radius 3 is 2.77 bits per heavy atom. The van der Waals surface area contributed by atoms with Crippen LogP contribution in [0.5, 0.6) is 0 Å². The second kappa shape index (κ2) is 6.69. The molecule has 1 rings (SSSR count). The molecule has 0 aliphatic heterocycles. The monoisotopic (exact) mass is 221 g/mol. The molecule has 1 aliphatic rings. The molecule has 0 amide bonds. The lowest BCUT2D eigenvalue weighted by atomic mass is 9.86. The van der Waals surface area contributed by atoms with Gasteiger partial charge in [-0.25, -0.2) is 0 Å². The van der Waals surface area contributed by atoms with Gasteiger partial charge in [-0.05, 0) is 18.8 Å². The minimum atomic E-state index is 0.596. The summed E-state index contributed by atoms with van der Waals surface area (Å²) in [6.45, 7) is 0.863. The Kier molecular flexibility index (Phi) is 5.85. The van der Waals surface area contributed by atoms with Crippen LogP contribution in [0.4, 0.5) is 0 Å². The van der Waals surface area contributed by atoms with Crippen LogP contribution in [-0.4, -0.2) is 18.5 Å². The molecular weight excluding hydrogens is 205 g/mol. The number of alkyl halides is 1. The third-order valence-corrected chi connectivity index (χ3v) is 3.27. The van der Waals surface area contributed by atoms with Gasteiger partial charge < -0.3 is 5.32 Å². The van der Waals surface area contributed by atoms with E-state index in [4.69, 9.17) is 23.2 Å². The minimum absolute atomic E-state index is 0.596. The lowest BCUT2D eigenvalue weighted by Gasteiger charge is -2.30. The number of rotatable bonds is 4. The van der Waals surface area contributed by atoms with Crippen LogP contribution in [-0.2, 0) is 0 Å². The van der Waals surface area contributed by atoms with Gasteiger partial charge in [0.25, 0.3) is 0 Å². The van der Waals surface area contributed by atoms with Crippen molar-refractivity contribution in [1.82, 2.24) is 5.32 Å². The van der Waals surface area contributed by atoms with E-state index >= 15 is 0 Å². The predicted molar refractivity (Wildman–Crippen MR) is 59.5 cm³/mol. The highest BCUT2D eigenvalue weighted by molar-refractivity contribution is 6.25. The Balaban J connectivity index is 2.27. The van der Waals surface area contributed by atoms with Gasteiger partial charge in [-0.1, -0.05) is 30.5 Å². The molecular formula is C10H17Cl2N. The van der Waals surface area contributed by atoms with E-state index in [0.29, 0.717) is 12.0 Å². The first-order chi connectivity index (χ1) is 6.38. The number of nitrogens with one attached hydrogen (secondary N) is 1. The van der Waals surface area contributed by atoms with Crippen LogP contribution >= 0.6 is 23.2 Å². The van der Waals surface area contributed by atoms with E-state index in [1.165, 1.54) is 25.7 Å². The molecule has 3 heteroatoms. The fourth-order valence-electron chi connectivity index (χ4n) is 1.93. The normalized spacial score (nSPS) is 29.7. The molecule has 1 nitrogen and oxygen atoms in total. The van der Waals surface area contributed by atoms with Gasteiger partial charge >= 0.3 is 0 Å². The number of hydrogen-bond acceptors (Lipinski definition) is 1. The molecule has 1 saturated carbocycles. The molecule has 13 heavy (non-hydrogen) atoms. The second-order valence-corrected chi connectivity index (χ2v) is 4.14. The molecule has 0 spiro atoms. The Labute approximate surface area is 90.5 Å². The van der Waals surface area contributed by atoms with Gasteiger partial charge in [-0.15, -0.1) is 11.6 Å². The predicted octanol–water partition coefficient (Wildman–Crippen LogP) is 3.13. The summed E-state index contributed by atoms with van der Waals surface area (Å²) >= 11 is 11.3. The zero-order valence-electron chi connectivity index (χ0n) is 7.81. The summed E-state index contributed by atoms with van der Waals surface area (Å²) in [5.74, 6) is 1.43. The van der Waals surface area contributed by atoms with Crippen molar-refractivity contribution >= 4 is 23.2 Å². The van der Waals surface area contributed by atoms with Crippen molar-refractivity contribution < 1.29 is 0 Å². The molecule has 0 aromatic rings. The Hall–Kier alpha value is 0.280. The lowest BCUT2D eigenvalue weighted by molar-refractivity contribution is 0.291. The highest BCUT2D eigenvalue weighted by Gasteiger charge is 2.22. The summed E-state index contributed by atoms with van der Waals surface area (Å²) in [5.41, 5.74) is 1.56. The highest BCUT2D eigenvalue weighted by atomic mass is 35.5. The summed E-state index contributed by atoms with van der Waals surface area (Å²) < 4.78 is 0. The van der Waals surface area contributed by atoms with Crippen LogP contribution in [0.15, 0.2) is 11.6 Å². The minimum Gasteiger partial charge on any atom is -0.310 e. The van der Waals surface area contributed by atoms with Gasteiger partial charge in [0.05, 0.1) is 0 Å². The Morgan fingerprint density at radius 2 is 2.08 bits per heavy atom. The third kappa shape index (κ3) is 3.88. The van der Waals surface area contributed by atoms with E-state index in [2.05, 4.69) is 5.32 Å². The third-order valence-electron chi connectivity index (χ3n) is 2.69. The van der Waals surface area contributed by atoms with Crippen molar-refractivity contribution in [2.24, 2.45) is 5.92 Å². The van der Waals surface area contributed by atoms with Crippen LogP contribution in [0.25, 0.3) is 0 Å². The first kappa shape index (κ1) is 11.4. The maximum atomic E-state index is 5.90. The van der Waals surface area contributed by atoms with Crippen molar-refractivity contribution in [3.8, 4) is 0 Å². The summed E-state index contributed by atoms with van der Waals surface area (Å²) in [5, 5.41) is 3.47. The molecule has 2 unspecified atom stereocenters. The highest BCUT2D eigenvalue weighted by Crippen LogP contribution is 2.25. The van der Waals surface area contributed by atoms with E-state index in [1.54, 1.807) is 5.54 Å². The van der Waals surface area contributed by atoms with Gasteiger partial charge in [-0.2, -0.15) is 0 Å². The fraction of sp³-hybridized carbons (Fsp3) is 0.800. The van der Waals surface area contributed by atoms with E-state index in [0.717, 1.165) is 12.4 Å². The maximum Gasteiger partial charge on any atom is 0.0266 e. The van der Waals surface area contributed by atoms with Crippen LogP contribution in [0.2, 0.25) is 0 Å². The van der Waals surface area contributed by atoms with Crippen molar-refractivity contribution in [2.45, 2.75) is 31.7 Å². The van der Waals surface area contributed by atoms with Crippen LogP contribution in [0, 0.1) is 5.92 Å². The van der Waals surface area contributed by atoms with Crippen molar-refractivity contribution in [3.05, 3.63) is 11.6 Å². The van der Waals surface area contributed by atoms with E-state index in [9.17, 15) is 0 Å². The first-order valence-electron chi connectivity index (χ1n) is 4.93. The van der Waals surface area contributed by atoms with Gasteiger partial charge in [-0.3, -0.25) is 0 Å². The molecule has 0 saturated heterocycles. The molecule has 0 radical (unpaired) electrons. The van der Waals surface area contributed by atoms with E-state index in [1.807, 2.05) is 6.08 Å². The van der Waals surface area contributed by atoms with Crippen molar-refractivity contribution in [2.75, 3.05) is 12.4 Å². The van der Waals surface area contributed by atoms with Gasteiger partial charge in [0.1, 0.15) is 0 Å². The maximum absolute atomic E-state index is 5.90. The smallest absolute Gasteiger partial charge is 0.0266 e. The molecule has 2 atom stereocenters. The molecule has 1 fully saturated rings. The Morgan fingerprint density at radius 1 is 1.31 bits per heavy atom. The van der Waals surface area contributed by atoms with Crippen LogP contribution < -0.4 is 5.32 Å². The molecule has 76 valence electrons. The summed E-state index contributed by atoms with van der Waals surface area (Å²) in [7, 11) is 0. The molecule has 0 heterocycles. The van der Waals surface area contributed by atoms with E-state index in [-0.39, 0.29) is 0 Å². The average Bonchev–Trinajstić information content (AvgIpc) is 2.19. The molecule has 1 aliphatic carbocycles. The van der Waals surface area contributed by atoms with Crippen molar-refractivity contribution in [3.63, 3.8) is 0 Å². The number of hydrogen-bond donors (Lipinski definition) is 1. The summed E-state index contributed by atoms with van der Waals surface area (Å²) in [6, 6.07) is 0.596. The topological polar surface area (TPSA) is 12.0 Å².